The van der Waals surface area contributed by atoms with Crippen molar-refractivity contribution in [2.24, 2.45) is 5.92 Å². The predicted molar refractivity (Wildman–Crippen MR) is 89.4 cm³/mol. The molecule has 1 aromatic heterocycles. The largest absolute Gasteiger partial charge is 0.314 e. The lowest BCUT2D eigenvalue weighted by molar-refractivity contribution is 0.423. The summed E-state index contributed by atoms with van der Waals surface area (Å²) in [6.07, 6.45) is 3.63. The quantitative estimate of drug-likeness (QED) is 0.751. The molecule has 1 heterocycles. The van der Waals surface area contributed by atoms with Crippen LogP contribution in [0.1, 0.15) is 30.7 Å². The molecule has 2 heteroatoms. The number of thiophene rings is 1. The van der Waals surface area contributed by atoms with Crippen molar-refractivity contribution >= 4 is 11.3 Å². The highest BCUT2D eigenvalue weighted by Crippen LogP contribution is 2.18. The lowest BCUT2D eigenvalue weighted by Crippen LogP contribution is -2.30. The van der Waals surface area contributed by atoms with Crippen molar-refractivity contribution in [2.45, 2.75) is 39.2 Å². The first kappa shape index (κ1) is 15.3. The molecule has 1 nitrogen and oxygen atoms in total. The highest BCUT2D eigenvalue weighted by Gasteiger charge is 2.11. The highest BCUT2D eigenvalue weighted by atomic mass is 32.1. The summed E-state index contributed by atoms with van der Waals surface area (Å²) in [6, 6.07) is 15.8. The summed E-state index contributed by atoms with van der Waals surface area (Å²) in [5, 5.41) is 5.77. The van der Waals surface area contributed by atoms with E-state index in [1.165, 1.54) is 29.7 Å². The second-order valence-corrected chi connectivity index (χ2v) is 6.77. The number of rotatable bonds is 8. The van der Waals surface area contributed by atoms with E-state index in [-0.39, 0.29) is 0 Å². The summed E-state index contributed by atoms with van der Waals surface area (Å²) < 4.78 is 0. The van der Waals surface area contributed by atoms with Crippen LogP contribution < -0.4 is 5.32 Å². The highest BCUT2D eigenvalue weighted by molar-refractivity contribution is 7.09. The van der Waals surface area contributed by atoms with Gasteiger partial charge in [-0.15, -0.1) is 11.3 Å². The maximum atomic E-state index is 3.60. The summed E-state index contributed by atoms with van der Waals surface area (Å²) >= 11 is 1.88. The van der Waals surface area contributed by atoms with Gasteiger partial charge in [-0.25, -0.2) is 0 Å². The van der Waals surface area contributed by atoms with Gasteiger partial charge in [0.25, 0.3) is 0 Å². The van der Waals surface area contributed by atoms with Crippen LogP contribution >= 0.6 is 11.3 Å². The van der Waals surface area contributed by atoms with Crippen LogP contribution in [0.5, 0.6) is 0 Å². The second kappa shape index (κ2) is 8.23. The predicted octanol–water partition coefficient (Wildman–Crippen LogP) is 4.54. The summed E-state index contributed by atoms with van der Waals surface area (Å²) in [5.74, 6) is 0.710. The van der Waals surface area contributed by atoms with Crippen LogP contribution in [0.4, 0.5) is 0 Å². The summed E-state index contributed by atoms with van der Waals surface area (Å²) in [6.45, 7) is 5.55. The average molecular weight is 287 g/mol. The molecule has 1 N–H and O–H groups in total. The normalized spacial score (nSPS) is 12.8. The van der Waals surface area contributed by atoms with Crippen LogP contribution in [0.25, 0.3) is 0 Å². The fraction of sp³-hybridized carbons (Fsp3) is 0.444. The van der Waals surface area contributed by atoms with Gasteiger partial charge in [0.2, 0.25) is 0 Å². The van der Waals surface area contributed by atoms with Crippen LogP contribution in [-0.2, 0) is 12.8 Å². The fourth-order valence-corrected chi connectivity index (χ4v) is 3.15. The average Bonchev–Trinajstić information content (AvgIpc) is 2.96. The Morgan fingerprint density at radius 2 is 1.85 bits per heavy atom. The van der Waals surface area contributed by atoms with E-state index in [0.29, 0.717) is 12.0 Å². The molecule has 0 saturated heterocycles. The van der Waals surface area contributed by atoms with Crippen LogP contribution in [0.2, 0.25) is 0 Å². The number of nitrogens with one attached hydrogen (secondary N) is 1. The zero-order valence-electron chi connectivity index (χ0n) is 12.5. The van der Waals surface area contributed by atoms with Crippen LogP contribution in [0.15, 0.2) is 47.8 Å². The van der Waals surface area contributed by atoms with Gasteiger partial charge in [-0.05, 0) is 48.7 Å². The fourth-order valence-electron chi connectivity index (χ4n) is 2.43. The van der Waals surface area contributed by atoms with Crippen molar-refractivity contribution in [3.8, 4) is 0 Å². The Morgan fingerprint density at radius 3 is 2.50 bits per heavy atom. The second-order valence-electron chi connectivity index (χ2n) is 5.74. The molecule has 0 aliphatic carbocycles. The zero-order chi connectivity index (χ0) is 14.2. The number of benzene rings is 1. The van der Waals surface area contributed by atoms with E-state index in [2.05, 4.69) is 67.0 Å². The molecule has 1 aromatic carbocycles. The van der Waals surface area contributed by atoms with Crippen molar-refractivity contribution in [3.05, 3.63) is 58.3 Å². The van der Waals surface area contributed by atoms with Gasteiger partial charge < -0.3 is 5.32 Å². The molecule has 0 fully saturated rings. The first-order valence-electron chi connectivity index (χ1n) is 7.53. The number of hydrogen-bond donors (Lipinski definition) is 1. The standard InChI is InChI=1S/C18H25NS/c1-15(2)19-14-17(10-11-18-9-6-12-20-18)13-16-7-4-3-5-8-16/h3-9,12,15,17,19H,10-11,13-14H2,1-2H3. The molecular weight excluding hydrogens is 262 g/mol. The first-order valence-corrected chi connectivity index (χ1v) is 8.41. The molecule has 108 valence electrons. The minimum Gasteiger partial charge on any atom is -0.314 e. The molecule has 0 saturated carbocycles. The summed E-state index contributed by atoms with van der Waals surface area (Å²) in [4.78, 5) is 1.51. The number of aryl methyl sites for hydroxylation is 1. The molecule has 0 radical (unpaired) electrons. The Bertz CT molecular complexity index is 461. The summed E-state index contributed by atoms with van der Waals surface area (Å²) in [7, 11) is 0. The van der Waals surface area contributed by atoms with E-state index < -0.39 is 0 Å². The Hall–Kier alpha value is -1.12. The van der Waals surface area contributed by atoms with Gasteiger partial charge in [0.1, 0.15) is 0 Å². The molecule has 0 aliphatic heterocycles. The van der Waals surface area contributed by atoms with E-state index in [0.717, 1.165) is 6.54 Å². The molecule has 0 spiro atoms. The molecule has 20 heavy (non-hydrogen) atoms. The molecular formula is C18H25NS. The molecule has 0 aliphatic rings. The molecule has 0 amide bonds. The van der Waals surface area contributed by atoms with Crippen molar-refractivity contribution in [2.75, 3.05) is 6.54 Å². The van der Waals surface area contributed by atoms with Gasteiger partial charge in [0.05, 0.1) is 0 Å². The third-order valence-electron chi connectivity index (χ3n) is 3.56. The van der Waals surface area contributed by atoms with Crippen LogP contribution in [-0.4, -0.2) is 12.6 Å². The Morgan fingerprint density at radius 1 is 1.05 bits per heavy atom. The van der Waals surface area contributed by atoms with Gasteiger partial charge >= 0.3 is 0 Å². The van der Waals surface area contributed by atoms with Crippen LogP contribution in [0, 0.1) is 5.92 Å². The molecule has 1 unspecified atom stereocenters. The maximum absolute atomic E-state index is 3.60. The third kappa shape index (κ3) is 5.48. The Kier molecular flexibility index (Phi) is 6.28. The van der Waals surface area contributed by atoms with Gasteiger partial charge in [-0.2, -0.15) is 0 Å². The SMILES string of the molecule is CC(C)NCC(CCc1cccs1)Cc1ccccc1. The zero-order valence-corrected chi connectivity index (χ0v) is 13.3. The van der Waals surface area contributed by atoms with E-state index in [1.54, 1.807) is 0 Å². The Labute approximate surface area is 127 Å². The summed E-state index contributed by atoms with van der Waals surface area (Å²) in [5.41, 5.74) is 1.45. The minimum absolute atomic E-state index is 0.565. The van der Waals surface area contributed by atoms with Gasteiger partial charge in [0, 0.05) is 10.9 Å². The lowest BCUT2D eigenvalue weighted by atomic mass is 9.94. The molecule has 2 rings (SSSR count). The maximum Gasteiger partial charge on any atom is 0.00453 e. The van der Waals surface area contributed by atoms with Gasteiger partial charge in [-0.1, -0.05) is 50.2 Å². The number of hydrogen-bond acceptors (Lipinski definition) is 2. The Balaban J connectivity index is 1.89. The third-order valence-corrected chi connectivity index (χ3v) is 4.50. The van der Waals surface area contributed by atoms with Crippen molar-refractivity contribution in [1.82, 2.24) is 5.32 Å². The minimum atomic E-state index is 0.565. The van der Waals surface area contributed by atoms with Crippen molar-refractivity contribution < 1.29 is 0 Å². The molecule has 0 bridgehead atoms. The lowest BCUT2D eigenvalue weighted by Gasteiger charge is -2.19. The van der Waals surface area contributed by atoms with E-state index in [1.807, 2.05) is 11.3 Å². The van der Waals surface area contributed by atoms with Gasteiger partial charge in [0.15, 0.2) is 0 Å². The van der Waals surface area contributed by atoms with E-state index in [4.69, 9.17) is 0 Å². The van der Waals surface area contributed by atoms with Gasteiger partial charge in [-0.3, -0.25) is 0 Å². The molecule has 2 aromatic rings. The smallest absolute Gasteiger partial charge is 0.00453 e. The monoisotopic (exact) mass is 287 g/mol. The molecule has 1 atom stereocenters. The van der Waals surface area contributed by atoms with Crippen molar-refractivity contribution in [1.29, 1.82) is 0 Å². The van der Waals surface area contributed by atoms with E-state index in [9.17, 15) is 0 Å². The van der Waals surface area contributed by atoms with Crippen LogP contribution in [0.3, 0.4) is 0 Å². The van der Waals surface area contributed by atoms with Crippen molar-refractivity contribution in [3.63, 3.8) is 0 Å². The topological polar surface area (TPSA) is 12.0 Å². The van der Waals surface area contributed by atoms with E-state index >= 15 is 0 Å². The first-order chi connectivity index (χ1) is 9.74.